The van der Waals surface area contributed by atoms with Crippen LogP contribution < -0.4 is 9.64 Å². The number of aliphatic hydroxyl groups is 1. The molecule has 29 heavy (non-hydrogen) atoms. The van der Waals surface area contributed by atoms with Gasteiger partial charge in [-0.25, -0.2) is 4.98 Å². The van der Waals surface area contributed by atoms with Crippen LogP contribution >= 0.6 is 0 Å². The first kappa shape index (κ1) is 18.1. The lowest BCUT2D eigenvalue weighted by atomic mass is 10.1. The van der Waals surface area contributed by atoms with Crippen LogP contribution in [0.25, 0.3) is 33.5 Å². The number of methoxy groups -OCH3 is 1. The average Bonchev–Trinajstić information content (AvgIpc) is 3.25. The summed E-state index contributed by atoms with van der Waals surface area (Å²) < 4.78 is 10.2. The summed E-state index contributed by atoms with van der Waals surface area (Å²) in [5.74, 6) is 1.81. The number of hydrogen-bond acceptors (Lipinski definition) is 4. The summed E-state index contributed by atoms with van der Waals surface area (Å²) in [7, 11) is 3.77. The normalized spacial score (nSPS) is 13.6. The molecule has 0 spiro atoms. The standard InChI is InChI=1S/C23H26N4O2/c1-15-12-17-22(20(13-15)29-3)25(2)23(24-17)19-14-16-6-4-7-18-21(16)27(19)10-9-26(18)8-5-11-28/h4,6-7,12-14,28H,5,8-11H2,1-3H3. The van der Waals surface area contributed by atoms with Crippen LogP contribution in [-0.2, 0) is 13.6 Å². The van der Waals surface area contributed by atoms with Gasteiger partial charge in [0.2, 0.25) is 0 Å². The molecule has 5 rings (SSSR count). The maximum Gasteiger partial charge on any atom is 0.157 e. The van der Waals surface area contributed by atoms with E-state index in [2.05, 4.69) is 64.4 Å². The van der Waals surface area contributed by atoms with Crippen molar-refractivity contribution in [2.24, 2.45) is 7.05 Å². The molecule has 0 amide bonds. The van der Waals surface area contributed by atoms with Crippen molar-refractivity contribution in [1.82, 2.24) is 14.1 Å². The highest BCUT2D eigenvalue weighted by atomic mass is 16.5. The summed E-state index contributed by atoms with van der Waals surface area (Å²) in [5.41, 5.74) is 6.74. The van der Waals surface area contributed by atoms with Crippen molar-refractivity contribution in [3.63, 3.8) is 0 Å². The molecular formula is C23H26N4O2. The molecule has 2 aromatic heterocycles. The van der Waals surface area contributed by atoms with Crippen molar-refractivity contribution in [1.29, 1.82) is 0 Å². The number of ether oxygens (including phenoxy) is 1. The number of para-hydroxylation sites is 1. The first-order valence-corrected chi connectivity index (χ1v) is 10.1. The Morgan fingerprint density at radius 1 is 1.14 bits per heavy atom. The number of aryl methyl sites for hydroxylation is 2. The summed E-state index contributed by atoms with van der Waals surface area (Å²) in [6.07, 6.45) is 0.786. The van der Waals surface area contributed by atoms with Crippen LogP contribution in [-0.4, -0.2) is 46.0 Å². The Morgan fingerprint density at radius 3 is 2.79 bits per heavy atom. The lowest BCUT2D eigenvalue weighted by molar-refractivity contribution is 0.289. The number of fused-ring (bicyclic) bond motifs is 1. The molecule has 4 aromatic rings. The summed E-state index contributed by atoms with van der Waals surface area (Å²) in [4.78, 5) is 7.37. The first-order chi connectivity index (χ1) is 14.1. The number of aliphatic hydroxyl groups excluding tert-OH is 1. The van der Waals surface area contributed by atoms with E-state index >= 15 is 0 Å². The number of imidazole rings is 1. The predicted octanol–water partition coefficient (Wildman–Crippen LogP) is 3.71. The minimum atomic E-state index is 0.222. The van der Waals surface area contributed by atoms with Gasteiger partial charge in [-0.05, 0) is 43.2 Å². The van der Waals surface area contributed by atoms with E-state index in [1.54, 1.807) is 7.11 Å². The molecule has 6 nitrogen and oxygen atoms in total. The monoisotopic (exact) mass is 390 g/mol. The number of benzene rings is 2. The molecule has 0 unspecified atom stereocenters. The third-order valence-corrected chi connectivity index (χ3v) is 5.95. The molecule has 0 bridgehead atoms. The molecule has 1 aliphatic rings. The second-order valence-corrected chi connectivity index (χ2v) is 7.79. The van der Waals surface area contributed by atoms with Gasteiger partial charge >= 0.3 is 0 Å². The largest absolute Gasteiger partial charge is 0.494 e. The van der Waals surface area contributed by atoms with Gasteiger partial charge in [-0.1, -0.05) is 12.1 Å². The smallest absolute Gasteiger partial charge is 0.157 e. The highest BCUT2D eigenvalue weighted by molar-refractivity contribution is 5.97. The van der Waals surface area contributed by atoms with Gasteiger partial charge in [0.25, 0.3) is 0 Å². The Hall–Kier alpha value is -2.99. The average molecular weight is 390 g/mol. The minimum absolute atomic E-state index is 0.222. The first-order valence-electron chi connectivity index (χ1n) is 10.1. The molecule has 0 atom stereocenters. The predicted molar refractivity (Wildman–Crippen MR) is 117 cm³/mol. The van der Waals surface area contributed by atoms with E-state index in [1.165, 1.54) is 16.6 Å². The summed E-state index contributed by atoms with van der Waals surface area (Å²) in [6.45, 7) is 5.00. The number of aromatic nitrogens is 3. The maximum atomic E-state index is 9.25. The quantitative estimate of drug-likeness (QED) is 0.564. The Labute approximate surface area is 169 Å². The number of nitrogens with zero attached hydrogens (tertiary/aromatic N) is 4. The van der Waals surface area contributed by atoms with Crippen molar-refractivity contribution in [3.8, 4) is 17.3 Å². The van der Waals surface area contributed by atoms with E-state index in [0.717, 1.165) is 59.9 Å². The molecule has 0 saturated heterocycles. The fourth-order valence-electron chi connectivity index (χ4n) is 4.64. The molecule has 0 aliphatic carbocycles. The van der Waals surface area contributed by atoms with Crippen LogP contribution in [0.3, 0.4) is 0 Å². The fourth-order valence-corrected chi connectivity index (χ4v) is 4.64. The zero-order valence-corrected chi connectivity index (χ0v) is 17.1. The van der Waals surface area contributed by atoms with Crippen LogP contribution in [0.1, 0.15) is 12.0 Å². The summed E-state index contributed by atoms with van der Waals surface area (Å²) in [5, 5.41) is 10.5. The topological polar surface area (TPSA) is 55.4 Å². The van der Waals surface area contributed by atoms with Crippen molar-refractivity contribution >= 4 is 27.6 Å². The van der Waals surface area contributed by atoms with Crippen LogP contribution in [0.5, 0.6) is 5.75 Å². The Morgan fingerprint density at radius 2 is 2.00 bits per heavy atom. The molecule has 6 heteroatoms. The van der Waals surface area contributed by atoms with E-state index in [-0.39, 0.29) is 6.61 Å². The van der Waals surface area contributed by atoms with Crippen molar-refractivity contribution in [3.05, 3.63) is 42.0 Å². The van der Waals surface area contributed by atoms with E-state index in [4.69, 9.17) is 9.72 Å². The van der Waals surface area contributed by atoms with Gasteiger partial charge in [0.05, 0.1) is 29.5 Å². The number of hydrogen-bond donors (Lipinski definition) is 1. The molecular weight excluding hydrogens is 364 g/mol. The second-order valence-electron chi connectivity index (χ2n) is 7.79. The van der Waals surface area contributed by atoms with Gasteiger partial charge in [-0.2, -0.15) is 0 Å². The van der Waals surface area contributed by atoms with E-state index in [1.807, 2.05) is 0 Å². The second kappa shape index (κ2) is 6.81. The molecule has 3 heterocycles. The number of rotatable bonds is 5. The van der Waals surface area contributed by atoms with E-state index in [9.17, 15) is 5.11 Å². The minimum Gasteiger partial charge on any atom is -0.494 e. The van der Waals surface area contributed by atoms with Crippen LogP contribution in [0, 0.1) is 6.92 Å². The van der Waals surface area contributed by atoms with Gasteiger partial charge in [-0.3, -0.25) is 0 Å². The van der Waals surface area contributed by atoms with Gasteiger partial charge in [0, 0.05) is 38.7 Å². The highest BCUT2D eigenvalue weighted by Crippen LogP contribution is 2.38. The lowest BCUT2D eigenvalue weighted by Gasteiger charge is -2.31. The van der Waals surface area contributed by atoms with E-state index in [0.29, 0.717) is 0 Å². The van der Waals surface area contributed by atoms with Gasteiger partial charge in [-0.15, -0.1) is 0 Å². The third kappa shape index (κ3) is 2.70. The molecule has 150 valence electrons. The Bertz CT molecular complexity index is 1220. The highest BCUT2D eigenvalue weighted by Gasteiger charge is 2.24. The van der Waals surface area contributed by atoms with Gasteiger partial charge in [0.15, 0.2) is 5.82 Å². The van der Waals surface area contributed by atoms with Crippen molar-refractivity contribution in [2.75, 3.05) is 31.7 Å². The fraction of sp³-hybridized carbons (Fsp3) is 0.348. The van der Waals surface area contributed by atoms with Crippen LogP contribution in [0.2, 0.25) is 0 Å². The molecule has 0 saturated carbocycles. The maximum absolute atomic E-state index is 9.25. The zero-order valence-electron chi connectivity index (χ0n) is 17.1. The Kier molecular flexibility index (Phi) is 4.24. The third-order valence-electron chi connectivity index (χ3n) is 5.95. The SMILES string of the molecule is COc1cc(C)cc2nc(-c3cc4cccc5c4n3CCN5CCCO)n(C)c12. The zero-order chi connectivity index (χ0) is 20.1. The molecule has 1 N–H and O–H groups in total. The summed E-state index contributed by atoms with van der Waals surface area (Å²) in [6, 6.07) is 12.9. The van der Waals surface area contributed by atoms with Crippen LogP contribution in [0.15, 0.2) is 36.4 Å². The Balaban J connectivity index is 1.72. The molecule has 0 fully saturated rings. The lowest BCUT2D eigenvalue weighted by Crippen LogP contribution is -2.32. The number of anilines is 1. The van der Waals surface area contributed by atoms with E-state index < -0.39 is 0 Å². The van der Waals surface area contributed by atoms with Crippen molar-refractivity contribution in [2.45, 2.75) is 19.9 Å². The van der Waals surface area contributed by atoms with Gasteiger partial charge < -0.3 is 23.9 Å². The molecule has 2 aromatic carbocycles. The van der Waals surface area contributed by atoms with Gasteiger partial charge in [0.1, 0.15) is 11.3 Å². The molecule has 0 radical (unpaired) electrons. The van der Waals surface area contributed by atoms with Crippen LogP contribution in [0.4, 0.5) is 5.69 Å². The molecule has 1 aliphatic heterocycles. The summed E-state index contributed by atoms with van der Waals surface area (Å²) >= 11 is 0. The van der Waals surface area contributed by atoms with Crippen molar-refractivity contribution < 1.29 is 9.84 Å².